The normalized spacial score (nSPS) is 15.7. The first-order valence-corrected chi connectivity index (χ1v) is 8.58. The van der Waals surface area contributed by atoms with Crippen LogP contribution in [0.25, 0.3) is 11.5 Å². The highest BCUT2D eigenvalue weighted by atomic mass is 16.6. The van der Waals surface area contributed by atoms with Gasteiger partial charge in [0, 0.05) is 24.2 Å². The average Bonchev–Trinajstić information content (AvgIpc) is 3.13. The van der Waals surface area contributed by atoms with Crippen LogP contribution in [-0.2, 0) is 0 Å². The molecule has 138 valence electrons. The number of piperidine rings is 1. The van der Waals surface area contributed by atoms with E-state index in [0.29, 0.717) is 18.0 Å². The summed E-state index contributed by atoms with van der Waals surface area (Å²) < 4.78 is 5.08. The quantitative estimate of drug-likeness (QED) is 0.620. The molecule has 2 aromatic rings. The summed E-state index contributed by atoms with van der Waals surface area (Å²) in [7, 11) is 2.12. The third-order valence-corrected chi connectivity index (χ3v) is 4.63. The Kier molecular flexibility index (Phi) is 5.57. The molecule has 1 aromatic carbocycles. The van der Waals surface area contributed by atoms with Crippen LogP contribution in [0, 0.1) is 16.0 Å². The number of nitrogens with one attached hydrogen (secondary N) is 1. The molecule has 0 spiro atoms. The number of hydrogen-bond donors (Lipinski definition) is 1. The number of rotatable bonds is 6. The van der Waals surface area contributed by atoms with Gasteiger partial charge in [-0.15, -0.1) is 0 Å². The highest BCUT2D eigenvalue weighted by Crippen LogP contribution is 2.21. The molecule has 1 aliphatic rings. The molecule has 1 saturated heterocycles. The van der Waals surface area contributed by atoms with Gasteiger partial charge in [0.15, 0.2) is 0 Å². The third-order valence-electron chi connectivity index (χ3n) is 4.63. The number of carbonyl (C=O) groups excluding carboxylic acids is 1. The maximum Gasteiger partial charge on any atom is 0.292 e. The fourth-order valence-electron chi connectivity index (χ4n) is 2.98. The second kappa shape index (κ2) is 8.05. The first kappa shape index (κ1) is 18.0. The van der Waals surface area contributed by atoms with Crippen molar-refractivity contribution >= 4 is 11.6 Å². The lowest BCUT2D eigenvalue weighted by Gasteiger charge is -2.28. The zero-order chi connectivity index (χ0) is 18.5. The number of hydrogen-bond acceptors (Lipinski definition) is 7. The summed E-state index contributed by atoms with van der Waals surface area (Å²) >= 11 is 0. The number of aromatic nitrogens is 2. The van der Waals surface area contributed by atoms with E-state index < -0.39 is 4.92 Å². The molecule has 0 radical (unpaired) electrons. The van der Waals surface area contributed by atoms with E-state index in [9.17, 15) is 14.9 Å². The van der Waals surface area contributed by atoms with Crippen LogP contribution >= 0.6 is 0 Å². The lowest BCUT2D eigenvalue weighted by molar-refractivity contribution is -0.384. The van der Waals surface area contributed by atoms with Crippen LogP contribution in [0.5, 0.6) is 0 Å². The topological polar surface area (TPSA) is 114 Å². The molecule has 1 fully saturated rings. The first-order chi connectivity index (χ1) is 12.5. The second-order valence-electron chi connectivity index (χ2n) is 6.52. The highest BCUT2D eigenvalue weighted by molar-refractivity contribution is 5.90. The highest BCUT2D eigenvalue weighted by Gasteiger charge is 2.19. The van der Waals surface area contributed by atoms with Crippen LogP contribution in [0.4, 0.5) is 5.69 Å². The van der Waals surface area contributed by atoms with Crippen molar-refractivity contribution in [3.05, 3.63) is 40.2 Å². The van der Waals surface area contributed by atoms with Gasteiger partial charge in [-0.1, -0.05) is 5.16 Å². The second-order valence-corrected chi connectivity index (χ2v) is 6.52. The molecule has 0 unspecified atom stereocenters. The number of nitrogens with zero attached hydrogens (tertiary/aromatic N) is 4. The van der Waals surface area contributed by atoms with Crippen LogP contribution < -0.4 is 5.32 Å². The molecule has 0 atom stereocenters. The zero-order valence-corrected chi connectivity index (χ0v) is 14.6. The maximum absolute atomic E-state index is 12.1. The Morgan fingerprint density at radius 1 is 1.35 bits per heavy atom. The van der Waals surface area contributed by atoms with Crippen molar-refractivity contribution in [2.75, 3.05) is 26.7 Å². The van der Waals surface area contributed by atoms with Crippen LogP contribution in [0.15, 0.2) is 28.8 Å². The number of non-ortho nitro benzene ring substituents is 1. The molecule has 0 bridgehead atoms. The van der Waals surface area contributed by atoms with Crippen molar-refractivity contribution in [3.63, 3.8) is 0 Å². The molecule has 1 N–H and O–H groups in total. The SMILES string of the molecule is CN1CCC(CCNC(=O)c2noc(-c3ccc([N+](=O)[O-])cc3)n2)CC1. The first-order valence-electron chi connectivity index (χ1n) is 8.58. The zero-order valence-electron chi connectivity index (χ0n) is 14.6. The molecule has 2 heterocycles. The van der Waals surface area contributed by atoms with Gasteiger partial charge in [0.2, 0.25) is 0 Å². The minimum absolute atomic E-state index is 0.0276. The summed E-state index contributed by atoms with van der Waals surface area (Å²) in [5.41, 5.74) is 0.494. The van der Waals surface area contributed by atoms with E-state index in [2.05, 4.69) is 27.4 Å². The summed E-state index contributed by atoms with van der Waals surface area (Å²) in [5.74, 6) is 0.365. The van der Waals surface area contributed by atoms with Gasteiger partial charge in [-0.2, -0.15) is 4.98 Å². The van der Waals surface area contributed by atoms with Crippen molar-refractivity contribution < 1.29 is 14.2 Å². The number of nitro groups is 1. The standard InChI is InChI=1S/C17H21N5O4/c1-21-10-7-12(8-11-21)6-9-18-16(23)15-19-17(26-20-15)13-2-4-14(5-3-13)22(24)25/h2-5,12H,6-11H2,1H3,(H,18,23). The molecule has 26 heavy (non-hydrogen) atoms. The molecular formula is C17H21N5O4. The molecule has 0 aliphatic carbocycles. The van der Waals surface area contributed by atoms with Crippen molar-refractivity contribution in [3.8, 4) is 11.5 Å². The van der Waals surface area contributed by atoms with Crippen molar-refractivity contribution in [1.29, 1.82) is 0 Å². The molecule has 9 heteroatoms. The summed E-state index contributed by atoms with van der Waals surface area (Å²) in [5, 5.41) is 17.2. The van der Waals surface area contributed by atoms with Crippen molar-refractivity contribution in [2.45, 2.75) is 19.3 Å². The van der Waals surface area contributed by atoms with Gasteiger partial charge < -0.3 is 14.7 Å². The predicted molar refractivity (Wildman–Crippen MR) is 93.6 cm³/mol. The maximum atomic E-state index is 12.1. The number of likely N-dealkylation sites (tertiary alicyclic amines) is 1. The Morgan fingerprint density at radius 3 is 2.69 bits per heavy atom. The van der Waals surface area contributed by atoms with Gasteiger partial charge >= 0.3 is 0 Å². The van der Waals surface area contributed by atoms with Gasteiger partial charge in [-0.3, -0.25) is 14.9 Å². The number of nitro benzene ring substituents is 1. The van der Waals surface area contributed by atoms with E-state index in [-0.39, 0.29) is 23.3 Å². The summed E-state index contributed by atoms with van der Waals surface area (Å²) in [6.45, 7) is 2.78. The molecule has 9 nitrogen and oxygen atoms in total. The fraction of sp³-hybridized carbons (Fsp3) is 0.471. The smallest absolute Gasteiger partial charge is 0.292 e. The molecule has 0 saturated carbocycles. The minimum Gasteiger partial charge on any atom is -0.349 e. The van der Waals surface area contributed by atoms with Gasteiger partial charge in [-0.05, 0) is 57.5 Å². The Balaban J connectivity index is 1.52. The Bertz CT molecular complexity index is 766. The number of amides is 1. The van der Waals surface area contributed by atoms with Crippen LogP contribution in [0.1, 0.15) is 29.9 Å². The van der Waals surface area contributed by atoms with Crippen molar-refractivity contribution in [1.82, 2.24) is 20.4 Å². The lowest BCUT2D eigenvalue weighted by atomic mass is 9.94. The number of benzene rings is 1. The van der Waals surface area contributed by atoms with Crippen LogP contribution in [0.3, 0.4) is 0 Å². The van der Waals surface area contributed by atoms with E-state index in [1.807, 2.05) is 0 Å². The Labute approximate surface area is 150 Å². The molecule has 3 rings (SSSR count). The Morgan fingerprint density at radius 2 is 2.04 bits per heavy atom. The summed E-state index contributed by atoms with van der Waals surface area (Å²) in [4.78, 5) is 28.7. The van der Waals surface area contributed by atoms with E-state index >= 15 is 0 Å². The molecule has 1 aromatic heterocycles. The Hall–Kier alpha value is -2.81. The number of carbonyl (C=O) groups is 1. The predicted octanol–water partition coefficient (Wildman–Crippen LogP) is 2.11. The molecule has 1 amide bonds. The molecule has 1 aliphatic heterocycles. The van der Waals surface area contributed by atoms with Crippen molar-refractivity contribution in [2.24, 2.45) is 5.92 Å². The molecular weight excluding hydrogens is 338 g/mol. The average molecular weight is 359 g/mol. The summed E-state index contributed by atoms with van der Waals surface area (Å²) in [6.07, 6.45) is 3.24. The van der Waals surface area contributed by atoms with E-state index in [1.165, 1.54) is 24.3 Å². The van der Waals surface area contributed by atoms with E-state index in [4.69, 9.17) is 4.52 Å². The fourth-order valence-corrected chi connectivity index (χ4v) is 2.98. The van der Waals surface area contributed by atoms with Gasteiger partial charge in [0.1, 0.15) is 0 Å². The monoisotopic (exact) mass is 359 g/mol. The minimum atomic E-state index is -0.485. The van der Waals surface area contributed by atoms with Gasteiger partial charge in [0.25, 0.3) is 23.3 Å². The van der Waals surface area contributed by atoms with E-state index in [1.54, 1.807) is 0 Å². The summed E-state index contributed by atoms with van der Waals surface area (Å²) in [6, 6.07) is 5.71. The third kappa shape index (κ3) is 4.42. The van der Waals surface area contributed by atoms with Crippen LogP contribution in [-0.4, -0.2) is 52.6 Å². The van der Waals surface area contributed by atoms with E-state index in [0.717, 1.165) is 32.4 Å². The van der Waals surface area contributed by atoms with Gasteiger partial charge in [-0.25, -0.2) is 0 Å². The van der Waals surface area contributed by atoms with Crippen LogP contribution in [0.2, 0.25) is 0 Å². The largest absolute Gasteiger partial charge is 0.349 e. The lowest BCUT2D eigenvalue weighted by Crippen LogP contribution is -2.33. The van der Waals surface area contributed by atoms with Gasteiger partial charge in [0.05, 0.1) is 4.92 Å².